The van der Waals surface area contributed by atoms with Crippen molar-refractivity contribution in [2.45, 2.75) is 26.7 Å². The van der Waals surface area contributed by atoms with E-state index < -0.39 is 5.97 Å². The third-order valence-electron chi connectivity index (χ3n) is 3.36. The highest BCUT2D eigenvalue weighted by atomic mass is 16.4. The summed E-state index contributed by atoms with van der Waals surface area (Å²) in [5.74, 6) is -0.776. The van der Waals surface area contributed by atoms with E-state index >= 15 is 0 Å². The fourth-order valence-corrected chi connectivity index (χ4v) is 2.46. The molecule has 0 saturated carbocycles. The van der Waals surface area contributed by atoms with Crippen LogP contribution in [0.4, 0.5) is 5.69 Å². The first-order valence-electron chi connectivity index (χ1n) is 6.86. The first-order valence-corrected chi connectivity index (χ1v) is 6.86. The van der Waals surface area contributed by atoms with Crippen LogP contribution in [0.5, 0.6) is 0 Å². The molecule has 0 heterocycles. The molecule has 0 spiro atoms. The number of carboxylic acids is 1. The summed E-state index contributed by atoms with van der Waals surface area (Å²) in [7, 11) is 0. The molecule has 0 unspecified atom stereocenters. The Morgan fingerprint density at radius 2 is 1.90 bits per heavy atom. The normalized spacial score (nSPS) is 17.6. The molecule has 1 aromatic carbocycles. The van der Waals surface area contributed by atoms with Gasteiger partial charge in [-0.3, -0.25) is 4.79 Å². The summed E-state index contributed by atoms with van der Waals surface area (Å²) >= 11 is 0. The highest BCUT2D eigenvalue weighted by Crippen LogP contribution is 2.33. The van der Waals surface area contributed by atoms with Crippen LogP contribution >= 0.6 is 0 Å². The van der Waals surface area contributed by atoms with E-state index in [1.807, 2.05) is 6.08 Å². The third-order valence-corrected chi connectivity index (χ3v) is 3.36. The Labute approximate surface area is 124 Å². The average molecular weight is 285 g/mol. The summed E-state index contributed by atoms with van der Waals surface area (Å²) in [6.07, 6.45) is 6.82. The van der Waals surface area contributed by atoms with Gasteiger partial charge in [0, 0.05) is 18.3 Å². The van der Waals surface area contributed by atoms with Gasteiger partial charge < -0.3 is 10.4 Å². The van der Waals surface area contributed by atoms with Gasteiger partial charge >= 0.3 is 5.97 Å². The SMILES string of the molecule is CC1(C)CC(=O)C=C(/C=C/Nc2ccc(C(=O)O)cc2)C1. The van der Waals surface area contributed by atoms with Crippen LogP contribution in [0.15, 0.2) is 48.2 Å². The van der Waals surface area contributed by atoms with Crippen molar-refractivity contribution in [3.05, 3.63) is 53.8 Å². The van der Waals surface area contributed by atoms with E-state index in [0.29, 0.717) is 6.42 Å². The number of anilines is 1. The molecule has 2 N–H and O–H groups in total. The number of rotatable bonds is 4. The fourth-order valence-electron chi connectivity index (χ4n) is 2.46. The smallest absolute Gasteiger partial charge is 0.335 e. The summed E-state index contributed by atoms with van der Waals surface area (Å²) in [5, 5.41) is 11.9. The Balaban J connectivity index is 1.99. The van der Waals surface area contributed by atoms with Gasteiger partial charge in [0.1, 0.15) is 0 Å². The summed E-state index contributed by atoms with van der Waals surface area (Å²) < 4.78 is 0. The lowest BCUT2D eigenvalue weighted by Gasteiger charge is -2.27. The van der Waals surface area contributed by atoms with Crippen molar-refractivity contribution in [3.8, 4) is 0 Å². The van der Waals surface area contributed by atoms with Gasteiger partial charge in [-0.15, -0.1) is 0 Å². The molecular formula is C17H19NO3. The number of carbonyl (C=O) groups excluding carboxylic acids is 1. The van der Waals surface area contributed by atoms with E-state index in [2.05, 4.69) is 19.2 Å². The van der Waals surface area contributed by atoms with Gasteiger partial charge in [0.15, 0.2) is 5.78 Å². The lowest BCUT2D eigenvalue weighted by molar-refractivity contribution is -0.116. The van der Waals surface area contributed by atoms with Gasteiger partial charge in [0.25, 0.3) is 0 Å². The number of nitrogens with one attached hydrogen (secondary N) is 1. The minimum atomic E-state index is -0.940. The van der Waals surface area contributed by atoms with Crippen LogP contribution in [0.25, 0.3) is 0 Å². The van der Waals surface area contributed by atoms with Crippen molar-refractivity contribution in [1.82, 2.24) is 0 Å². The van der Waals surface area contributed by atoms with Gasteiger partial charge in [-0.1, -0.05) is 13.8 Å². The molecule has 1 aliphatic carbocycles. The molecule has 0 saturated heterocycles. The van der Waals surface area contributed by atoms with Crippen molar-refractivity contribution in [2.24, 2.45) is 5.41 Å². The van der Waals surface area contributed by atoms with E-state index in [4.69, 9.17) is 5.11 Å². The number of hydrogen-bond donors (Lipinski definition) is 2. The Bertz CT molecular complexity index is 609. The number of carbonyl (C=O) groups is 2. The Kier molecular flexibility index (Phi) is 4.26. The van der Waals surface area contributed by atoms with E-state index in [1.54, 1.807) is 36.5 Å². The molecular weight excluding hydrogens is 266 g/mol. The first-order chi connectivity index (χ1) is 9.85. The molecule has 4 nitrogen and oxygen atoms in total. The zero-order valence-corrected chi connectivity index (χ0v) is 12.2. The van der Waals surface area contributed by atoms with Crippen LogP contribution in [0, 0.1) is 5.41 Å². The molecule has 0 bridgehead atoms. The van der Waals surface area contributed by atoms with Gasteiger partial charge in [-0.25, -0.2) is 4.79 Å². The number of aromatic carboxylic acids is 1. The number of ketones is 1. The van der Waals surface area contributed by atoms with E-state index in [-0.39, 0.29) is 16.8 Å². The predicted octanol–water partition coefficient (Wildman–Crippen LogP) is 3.63. The van der Waals surface area contributed by atoms with Crippen LogP contribution in [-0.2, 0) is 4.79 Å². The van der Waals surface area contributed by atoms with Gasteiger partial charge in [-0.2, -0.15) is 0 Å². The summed E-state index contributed by atoms with van der Waals surface area (Å²) in [4.78, 5) is 22.4. The Morgan fingerprint density at radius 1 is 1.24 bits per heavy atom. The summed E-state index contributed by atoms with van der Waals surface area (Å²) in [5.41, 5.74) is 2.07. The van der Waals surface area contributed by atoms with Gasteiger partial charge in [-0.05, 0) is 53.8 Å². The van der Waals surface area contributed by atoms with Crippen molar-refractivity contribution in [3.63, 3.8) is 0 Å². The van der Waals surface area contributed by atoms with Crippen molar-refractivity contribution in [1.29, 1.82) is 0 Å². The molecule has 0 radical (unpaired) electrons. The van der Waals surface area contributed by atoms with Crippen molar-refractivity contribution in [2.75, 3.05) is 5.32 Å². The zero-order valence-electron chi connectivity index (χ0n) is 12.2. The quantitative estimate of drug-likeness (QED) is 0.886. The fraction of sp³-hybridized carbons (Fsp3) is 0.294. The molecule has 2 rings (SSSR count). The molecule has 1 aliphatic rings. The molecule has 4 heteroatoms. The summed E-state index contributed by atoms with van der Waals surface area (Å²) in [6, 6.07) is 6.51. The molecule has 0 fully saturated rings. The Morgan fingerprint density at radius 3 is 2.48 bits per heavy atom. The second kappa shape index (κ2) is 5.95. The highest BCUT2D eigenvalue weighted by molar-refractivity contribution is 5.92. The number of hydrogen-bond acceptors (Lipinski definition) is 3. The number of benzene rings is 1. The van der Waals surface area contributed by atoms with E-state index in [0.717, 1.165) is 17.7 Å². The molecule has 110 valence electrons. The lowest BCUT2D eigenvalue weighted by atomic mass is 9.77. The maximum Gasteiger partial charge on any atom is 0.335 e. The predicted molar refractivity (Wildman–Crippen MR) is 82.3 cm³/mol. The Hall–Kier alpha value is -2.36. The lowest BCUT2D eigenvalue weighted by Crippen LogP contribution is -2.21. The van der Waals surface area contributed by atoms with Crippen LogP contribution in [0.3, 0.4) is 0 Å². The molecule has 1 aromatic rings. The largest absolute Gasteiger partial charge is 0.478 e. The molecule has 0 aliphatic heterocycles. The first kappa shape index (κ1) is 15.0. The topological polar surface area (TPSA) is 66.4 Å². The van der Waals surface area contributed by atoms with E-state index in [9.17, 15) is 9.59 Å². The number of carboxylic acid groups (broad SMARTS) is 1. The molecule has 0 aromatic heterocycles. The average Bonchev–Trinajstić information content (AvgIpc) is 2.37. The second-order valence-corrected chi connectivity index (χ2v) is 6.06. The van der Waals surface area contributed by atoms with Crippen LogP contribution < -0.4 is 5.32 Å². The second-order valence-electron chi connectivity index (χ2n) is 6.06. The highest BCUT2D eigenvalue weighted by Gasteiger charge is 2.26. The standard InChI is InChI=1S/C17H19NO3/c1-17(2)10-12(9-15(19)11-17)7-8-18-14-5-3-13(4-6-14)16(20)21/h3-9,18H,10-11H2,1-2H3,(H,20,21)/b8-7+. The van der Waals surface area contributed by atoms with Crippen LogP contribution in [0.2, 0.25) is 0 Å². The van der Waals surface area contributed by atoms with Crippen molar-refractivity contribution < 1.29 is 14.7 Å². The monoisotopic (exact) mass is 285 g/mol. The van der Waals surface area contributed by atoms with E-state index in [1.165, 1.54) is 0 Å². The minimum absolute atomic E-state index is 0.00857. The van der Waals surface area contributed by atoms with Crippen LogP contribution in [-0.4, -0.2) is 16.9 Å². The maximum atomic E-state index is 11.6. The maximum absolute atomic E-state index is 11.6. The van der Waals surface area contributed by atoms with Gasteiger partial charge in [0.05, 0.1) is 5.56 Å². The molecule has 21 heavy (non-hydrogen) atoms. The summed E-state index contributed by atoms with van der Waals surface area (Å²) in [6.45, 7) is 4.17. The van der Waals surface area contributed by atoms with Crippen molar-refractivity contribution >= 4 is 17.4 Å². The van der Waals surface area contributed by atoms with Crippen LogP contribution in [0.1, 0.15) is 37.0 Å². The molecule has 0 atom stereocenters. The zero-order chi connectivity index (χ0) is 15.5. The van der Waals surface area contributed by atoms with Gasteiger partial charge in [0.2, 0.25) is 0 Å². The third kappa shape index (κ3) is 4.31. The number of allylic oxidation sites excluding steroid dienone is 3. The molecule has 0 amide bonds. The minimum Gasteiger partial charge on any atom is -0.478 e.